The van der Waals surface area contributed by atoms with E-state index in [2.05, 4.69) is 0 Å². The normalized spacial score (nSPS) is 16.0. The first-order valence-electron chi connectivity index (χ1n) is 7.04. The molecule has 0 saturated carbocycles. The number of anilines is 1. The second-order valence-corrected chi connectivity index (χ2v) is 5.08. The third-order valence-corrected chi connectivity index (χ3v) is 3.74. The zero-order chi connectivity index (χ0) is 13.7. The molecule has 2 rings (SSSR count). The van der Waals surface area contributed by atoms with Crippen molar-refractivity contribution in [3.63, 3.8) is 0 Å². The van der Waals surface area contributed by atoms with Crippen LogP contribution in [-0.4, -0.2) is 31.1 Å². The minimum Gasteiger partial charge on any atom is -0.326 e. The summed E-state index contributed by atoms with van der Waals surface area (Å²) in [6.07, 6.45) is 4.68. The summed E-state index contributed by atoms with van der Waals surface area (Å²) < 4.78 is 0. The van der Waals surface area contributed by atoms with Gasteiger partial charge < -0.3 is 10.6 Å². The molecule has 0 spiro atoms. The fourth-order valence-corrected chi connectivity index (χ4v) is 2.59. The third kappa shape index (κ3) is 3.26. The van der Waals surface area contributed by atoms with Crippen LogP contribution in [-0.2, 0) is 6.54 Å². The van der Waals surface area contributed by atoms with Crippen molar-refractivity contribution >= 4 is 11.7 Å². The Hall–Kier alpha value is -1.55. The summed E-state index contributed by atoms with van der Waals surface area (Å²) in [7, 11) is 1.84. The van der Waals surface area contributed by atoms with Crippen molar-refractivity contribution in [1.82, 2.24) is 4.90 Å². The Labute approximate surface area is 115 Å². The lowest BCUT2D eigenvalue weighted by atomic mass is 10.1. The first-order valence-corrected chi connectivity index (χ1v) is 7.04. The van der Waals surface area contributed by atoms with Crippen molar-refractivity contribution in [3.05, 3.63) is 29.8 Å². The van der Waals surface area contributed by atoms with Gasteiger partial charge >= 0.3 is 6.03 Å². The van der Waals surface area contributed by atoms with Gasteiger partial charge in [0.2, 0.25) is 0 Å². The summed E-state index contributed by atoms with van der Waals surface area (Å²) in [5, 5.41) is 0. The number of likely N-dealkylation sites (tertiary alicyclic amines) is 1. The summed E-state index contributed by atoms with van der Waals surface area (Å²) in [6, 6.07) is 7.92. The van der Waals surface area contributed by atoms with Gasteiger partial charge in [0.15, 0.2) is 0 Å². The maximum atomic E-state index is 12.5. The molecular formula is C15H23N3O. The zero-order valence-corrected chi connectivity index (χ0v) is 11.6. The molecule has 0 aliphatic carbocycles. The molecule has 0 bridgehead atoms. The van der Waals surface area contributed by atoms with Crippen LogP contribution in [0.5, 0.6) is 0 Å². The van der Waals surface area contributed by atoms with Crippen LogP contribution >= 0.6 is 0 Å². The van der Waals surface area contributed by atoms with Crippen molar-refractivity contribution in [1.29, 1.82) is 0 Å². The molecule has 1 aliphatic rings. The van der Waals surface area contributed by atoms with E-state index in [1.165, 1.54) is 12.8 Å². The fraction of sp³-hybridized carbons (Fsp3) is 0.533. The maximum absolute atomic E-state index is 12.5. The minimum atomic E-state index is 0.0859. The number of benzene rings is 1. The Bertz CT molecular complexity index is 425. The third-order valence-electron chi connectivity index (χ3n) is 3.74. The molecule has 1 saturated heterocycles. The molecule has 0 unspecified atom stereocenters. The number of hydrogen-bond acceptors (Lipinski definition) is 2. The van der Waals surface area contributed by atoms with Gasteiger partial charge in [-0.3, -0.25) is 4.90 Å². The summed E-state index contributed by atoms with van der Waals surface area (Å²) in [4.78, 5) is 16.2. The lowest BCUT2D eigenvalue weighted by molar-refractivity contribution is 0.208. The minimum absolute atomic E-state index is 0.0859. The Morgan fingerprint density at radius 3 is 2.47 bits per heavy atom. The number of amides is 2. The quantitative estimate of drug-likeness (QED) is 0.889. The van der Waals surface area contributed by atoms with Crippen LogP contribution < -0.4 is 10.6 Å². The summed E-state index contributed by atoms with van der Waals surface area (Å²) in [6.45, 7) is 2.19. The van der Waals surface area contributed by atoms with Gasteiger partial charge in [-0.25, -0.2) is 4.79 Å². The lowest BCUT2D eigenvalue weighted by Gasteiger charge is -2.28. The molecule has 19 heavy (non-hydrogen) atoms. The van der Waals surface area contributed by atoms with Crippen LogP contribution in [0.4, 0.5) is 10.5 Å². The van der Waals surface area contributed by atoms with Gasteiger partial charge in [-0.1, -0.05) is 31.0 Å². The molecule has 2 N–H and O–H groups in total. The standard InChI is InChI=1S/C15H23N3O/c1-17(14-9-5-4-8-13(14)12-16)15(19)18-10-6-2-3-7-11-18/h4-5,8-9H,2-3,6-7,10-12,16H2,1H3. The number of nitrogens with zero attached hydrogens (tertiary/aromatic N) is 2. The van der Waals surface area contributed by atoms with Crippen LogP contribution in [0.1, 0.15) is 31.2 Å². The molecule has 1 aromatic carbocycles. The molecule has 4 heteroatoms. The number of carbonyl (C=O) groups excluding carboxylic acids is 1. The molecule has 1 fully saturated rings. The predicted molar refractivity (Wildman–Crippen MR) is 78.2 cm³/mol. The highest BCUT2D eigenvalue weighted by molar-refractivity contribution is 5.92. The maximum Gasteiger partial charge on any atom is 0.324 e. The predicted octanol–water partition coefficient (Wildman–Crippen LogP) is 2.58. The van der Waals surface area contributed by atoms with Crippen molar-refractivity contribution < 1.29 is 4.79 Å². The van der Waals surface area contributed by atoms with E-state index in [0.717, 1.165) is 37.2 Å². The number of urea groups is 1. The zero-order valence-electron chi connectivity index (χ0n) is 11.6. The highest BCUT2D eigenvalue weighted by Crippen LogP contribution is 2.21. The SMILES string of the molecule is CN(C(=O)N1CCCCCC1)c1ccccc1CN. The molecular weight excluding hydrogens is 238 g/mol. The van der Waals surface area contributed by atoms with Gasteiger partial charge in [-0.2, -0.15) is 0 Å². The monoisotopic (exact) mass is 261 g/mol. The molecule has 0 aromatic heterocycles. The fourth-order valence-electron chi connectivity index (χ4n) is 2.59. The topological polar surface area (TPSA) is 49.6 Å². The molecule has 4 nitrogen and oxygen atoms in total. The number of hydrogen-bond donors (Lipinski definition) is 1. The van der Waals surface area contributed by atoms with Crippen molar-refractivity contribution in [2.75, 3.05) is 25.0 Å². The average molecular weight is 261 g/mol. The summed E-state index contributed by atoms with van der Waals surface area (Å²) >= 11 is 0. The van der Waals surface area contributed by atoms with E-state index < -0.39 is 0 Å². The van der Waals surface area contributed by atoms with Gasteiger partial charge in [0, 0.05) is 32.4 Å². The number of carbonyl (C=O) groups is 1. The molecule has 0 atom stereocenters. The van der Waals surface area contributed by atoms with Crippen molar-refractivity contribution in [2.45, 2.75) is 32.2 Å². The largest absolute Gasteiger partial charge is 0.326 e. The number of rotatable bonds is 2. The van der Waals surface area contributed by atoms with Gasteiger partial charge in [0.05, 0.1) is 0 Å². The first-order chi connectivity index (χ1) is 9.24. The van der Waals surface area contributed by atoms with E-state index in [-0.39, 0.29) is 6.03 Å². The van der Waals surface area contributed by atoms with E-state index >= 15 is 0 Å². The Balaban J connectivity index is 2.13. The second-order valence-electron chi connectivity index (χ2n) is 5.08. The highest BCUT2D eigenvalue weighted by Gasteiger charge is 2.21. The molecule has 2 amide bonds. The lowest BCUT2D eigenvalue weighted by Crippen LogP contribution is -2.42. The van der Waals surface area contributed by atoms with E-state index in [0.29, 0.717) is 6.54 Å². The van der Waals surface area contributed by atoms with Crippen LogP contribution in [0.3, 0.4) is 0 Å². The van der Waals surface area contributed by atoms with Gasteiger partial charge in [0.1, 0.15) is 0 Å². The Morgan fingerprint density at radius 2 is 1.84 bits per heavy atom. The van der Waals surface area contributed by atoms with Gasteiger partial charge in [-0.15, -0.1) is 0 Å². The molecule has 104 valence electrons. The van der Waals surface area contributed by atoms with Crippen LogP contribution in [0.15, 0.2) is 24.3 Å². The van der Waals surface area contributed by atoms with E-state index in [1.54, 1.807) is 4.90 Å². The first kappa shape index (κ1) is 13.9. The van der Waals surface area contributed by atoms with Crippen molar-refractivity contribution in [2.24, 2.45) is 5.73 Å². The summed E-state index contributed by atoms with van der Waals surface area (Å²) in [5.41, 5.74) is 7.66. The van der Waals surface area contributed by atoms with Crippen LogP contribution in [0, 0.1) is 0 Å². The van der Waals surface area contributed by atoms with E-state index in [4.69, 9.17) is 5.73 Å². The van der Waals surface area contributed by atoms with Crippen LogP contribution in [0.2, 0.25) is 0 Å². The van der Waals surface area contributed by atoms with Gasteiger partial charge in [0.25, 0.3) is 0 Å². The second kappa shape index (κ2) is 6.57. The Kier molecular flexibility index (Phi) is 4.80. The number of para-hydroxylation sites is 1. The smallest absolute Gasteiger partial charge is 0.324 e. The van der Waals surface area contributed by atoms with Gasteiger partial charge in [-0.05, 0) is 24.5 Å². The summed E-state index contributed by atoms with van der Waals surface area (Å²) in [5.74, 6) is 0. The molecule has 1 aromatic rings. The molecule has 0 radical (unpaired) electrons. The Morgan fingerprint density at radius 1 is 1.21 bits per heavy atom. The average Bonchev–Trinajstić information content (AvgIpc) is 2.74. The van der Waals surface area contributed by atoms with E-state index in [9.17, 15) is 4.79 Å². The molecule has 1 aliphatic heterocycles. The van der Waals surface area contributed by atoms with Crippen LogP contribution in [0.25, 0.3) is 0 Å². The van der Waals surface area contributed by atoms with E-state index in [1.807, 2.05) is 36.2 Å². The molecule has 1 heterocycles. The van der Waals surface area contributed by atoms with Crippen molar-refractivity contribution in [3.8, 4) is 0 Å². The highest BCUT2D eigenvalue weighted by atomic mass is 16.2. The number of nitrogens with two attached hydrogens (primary N) is 1.